The topological polar surface area (TPSA) is 21.3 Å². The molecule has 13 rings (SSSR count). The highest BCUT2D eigenvalue weighted by Crippen LogP contribution is 2.50. The molecule has 0 unspecified atom stereocenters. The third-order valence-corrected chi connectivity index (χ3v) is 12.9. The number of anilines is 3. The van der Waals surface area contributed by atoms with Gasteiger partial charge in [0.15, 0.2) is 0 Å². The second kappa shape index (κ2) is 14.1. The molecule has 0 spiro atoms. The second-order valence-corrected chi connectivity index (χ2v) is 16.4. The molecule has 0 saturated heterocycles. The van der Waals surface area contributed by atoms with Gasteiger partial charge < -0.3 is 13.9 Å². The highest BCUT2D eigenvalue weighted by molar-refractivity contribution is 6.29. The van der Waals surface area contributed by atoms with Crippen LogP contribution in [0.25, 0.3) is 104 Å². The maximum absolute atomic E-state index is 6.79. The molecule has 0 N–H and O–H groups in total. The van der Waals surface area contributed by atoms with E-state index in [4.69, 9.17) is 4.42 Å². The van der Waals surface area contributed by atoms with E-state index in [-0.39, 0.29) is 0 Å². The lowest BCUT2D eigenvalue weighted by Gasteiger charge is -2.27. The summed E-state index contributed by atoms with van der Waals surface area (Å²) in [5.74, 6) is 0. The van der Waals surface area contributed by atoms with Crippen LogP contribution in [0.1, 0.15) is 0 Å². The van der Waals surface area contributed by atoms with Crippen molar-refractivity contribution < 1.29 is 4.42 Å². The Morgan fingerprint density at radius 1 is 0.333 bits per heavy atom. The Bertz CT molecular complexity index is 3850. The van der Waals surface area contributed by atoms with Crippen molar-refractivity contribution in [3.8, 4) is 27.9 Å². The lowest BCUT2D eigenvalue weighted by molar-refractivity contribution is 0.669. The molecule has 0 fully saturated rings. The summed E-state index contributed by atoms with van der Waals surface area (Å²) < 4.78 is 9.25. The smallest absolute Gasteiger partial charge is 0.138 e. The standard InChI is InChI=1S/C60H38N2O/c1-4-17-39(18-5-1)40-31-33-43(34-32-40)62-54-38-56-59(50-27-14-15-30-55(50)63-56)57(41-19-6-2-7-20-41)58(54)51-28-16-29-53(60(51)62)61(42-21-8-3-9-22-42)44-35-36-49-47-25-11-10-23-45(47)46-24-12-13-26-48(46)52(49)37-44/h1-38H. The number of hydrogen-bond acceptors (Lipinski definition) is 2. The monoisotopic (exact) mass is 802 g/mol. The first-order valence-corrected chi connectivity index (χ1v) is 21.6. The van der Waals surface area contributed by atoms with Gasteiger partial charge in [0.2, 0.25) is 0 Å². The molecule has 0 bridgehead atoms. The Kier molecular flexibility index (Phi) is 7.91. The van der Waals surface area contributed by atoms with Crippen LogP contribution in [0.4, 0.5) is 17.1 Å². The molecule has 3 heteroatoms. The van der Waals surface area contributed by atoms with Crippen molar-refractivity contribution in [1.82, 2.24) is 4.57 Å². The summed E-state index contributed by atoms with van der Waals surface area (Å²) in [6, 6.07) is 83.4. The first-order valence-electron chi connectivity index (χ1n) is 21.6. The maximum Gasteiger partial charge on any atom is 0.138 e. The van der Waals surface area contributed by atoms with Gasteiger partial charge in [-0.25, -0.2) is 0 Å². The number of rotatable bonds is 6. The molecule has 0 aliphatic carbocycles. The fourth-order valence-corrected chi connectivity index (χ4v) is 10.2. The van der Waals surface area contributed by atoms with Crippen LogP contribution >= 0.6 is 0 Å². The van der Waals surface area contributed by atoms with Gasteiger partial charge in [0.25, 0.3) is 0 Å². The van der Waals surface area contributed by atoms with Gasteiger partial charge in [-0.1, -0.05) is 176 Å². The van der Waals surface area contributed by atoms with Crippen LogP contribution in [0.2, 0.25) is 0 Å². The normalized spacial score (nSPS) is 11.8. The number of fused-ring (bicyclic) bond motifs is 12. The zero-order chi connectivity index (χ0) is 41.4. The zero-order valence-corrected chi connectivity index (χ0v) is 34.2. The number of nitrogens with zero attached hydrogens (tertiary/aromatic N) is 2. The molecule has 2 heterocycles. The van der Waals surface area contributed by atoms with E-state index in [9.17, 15) is 0 Å². The van der Waals surface area contributed by atoms with Crippen LogP contribution < -0.4 is 4.90 Å². The molecule has 0 aliphatic heterocycles. The Morgan fingerprint density at radius 2 is 0.873 bits per heavy atom. The lowest BCUT2D eigenvalue weighted by Crippen LogP contribution is -2.11. The van der Waals surface area contributed by atoms with Crippen LogP contribution in [0, 0.1) is 0 Å². The molecule has 0 radical (unpaired) electrons. The first kappa shape index (κ1) is 35.4. The van der Waals surface area contributed by atoms with Crippen LogP contribution in [0.5, 0.6) is 0 Å². The largest absolute Gasteiger partial charge is 0.456 e. The van der Waals surface area contributed by atoms with Crippen molar-refractivity contribution in [2.45, 2.75) is 0 Å². The van der Waals surface area contributed by atoms with Crippen molar-refractivity contribution in [2.75, 3.05) is 4.90 Å². The summed E-state index contributed by atoms with van der Waals surface area (Å²) in [5, 5.41) is 12.1. The zero-order valence-electron chi connectivity index (χ0n) is 34.2. The molecule has 0 saturated carbocycles. The number of para-hydroxylation sites is 3. The van der Waals surface area contributed by atoms with Gasteiger partial charge in [-0.15, -0.1) is 0 Å². The summed E-state index contributed by atoms with van der Waals surface area (Å²) in [4.78, 5) is 2.45. The Hall–Kier alpha value is -8.40. The molecule has 3 nitrogen and oxygen atoms in total. The molecule has 0 atom stereocenters. The summed E-state index contributed by atoms with van der Waals surface area (Å²) in [7, 11) is 0. The number of hydrogen-bond donors (Lipinski definition) is 0. The minimum atomic E-state index is 0.864. The van der Waals surface area contributed by atoms with E-state index in [1.807, 2.05) is 0 Å². The van der Waals surface area contributed by atoms with Crippen molar-refractivity contribution in [3.63, 3.8) is 0 Å². The number of furan rings is 1. The summed E-state index contributed by atoms with van der Waals surface area (Å²) in [6.45, 7) is 0. The summed E-state index contributed by atoms with van der Waals surface area (Å²) >= 11 is 0. The average molecular weight is 803 g/mol. The van der Waals surface area contributed by atoms with Crippen molar-refractivity contribution >= 4 is 93.1 Å². The Morgan fingerprint density at radius 3 is 1.56 bits per heavy atom. The molecule has 0 aliphatic rings. The summed E-state index contributed by atoms with van der Waals surface area (Å²) in [6.07, 6.45) is 0. The lowest BCUT2D eigenvalue weighted by atomic mass is 9.93. The van der Waals surface area contributed by atoms with Crippen LogP contribution in [-0.4, -0.2) is 4.57 Å². The molecule has 11 aromatic carbocycles. The SMILES string of the molecule is c1ccc(-c2ccc(-n3c4cc5oc6ccccc6c5c(-c5ccccc5)c4c4cccc(N(c5ccccc5)c5ccc6c7ccccc7c7ccccc7c6c5)c43)cc2)cc1. The molecular weight excluding hydrogens is 765 g/mol. The maximum atomic E-state index is 6.79. The predicted octanol–water partition coefficient (Wildman–Crippen LogP) is 16.9. The van der Waals surface area contributed by atoms with E-state index in [1.54, 1.807) is 0 Å². The molecule has 63 heavy (non-hydrogen) atoms. The van der Waals surface area contributed by atoms with Crippen LogP contribution in [0.15, 0.2) is 235 Å². The number of benzene rings is 11. The quantitative estimate of drug-likeness (QED) is 0.156. The third-order valence-electron chi connectivity index (χ3n) is 12.9. The van der Waals surface area contributed by atoms with Crippen molar-refractivity contribution in [1.29, 1.82) is 0 Å². The van der Waals surface area contributed by atoms with E-state index in [2.05, 4.69) is 240 Å². The van der Waals surface area contributed by atoms with Crippen molar-refractivity contribution in [2.24, 2.45) is 0 Å². The van der Waals surface area contributed by atoms with E-state index in [0.29, 0.717) is 0 Å². The molecule has 294 valence electrons. The minimum absolute atomic E-state index is 0.864. The third kappa shape index (κ3) is 5.46. The van der Waals surface area contributed by atoms with E-state index in [0.717, 1.165) is 61.3 Å². The second-order valence-electron chi connectivity index (χ2n) is 16.4. The predicted molar refractivity (Wildman–Crippen MR) is 266 cm³/mol. The first-order chi connectivity index (χ1) is 31.3. The van der Waals surface area contributed by atoms with Crippen LogP contribution in [0.3, 0.4) is 0 Å². The fourth-order valence-electron chi connectivity index (χ4n) is 10.2. The Balaban J connectivity index is 1.17. The van der Waals surface area contributed by atoms with E-state index in [1.165, 1.54) is 59.8 Å². The summed E-state index contributed by atoms with van der Waals surface area (Å²) in [5.41, 5.74) is 12.9. The van der Waals surface area contributed by atoms with Gasteiger partial charge in [-0.05, 0) is 97.5 Å². The minimum Gasteiger partial charge on any atom is -0.456 e. The van der Waals surface area contributed by atoms with Crippen molar-refractivity contribution in [3.05, 3.63) is 231 Å². The fraction of sp³-hybridized carbons (Fsp3) is 0. The van der Waals surface area contributed by atoms with Gasteiger partial charge in [0, 0.05) is 50.2 Å². The average Bonchev–Trinajstić information content (AvgIpc) is 3.90. The van der Waals surface area contributed by atoms with Gasteiger partial charge in [-0.3, -0.25) is 0 Å². The molecule has 13 aromatic rings. The van der Waals surface area contributed by atoms with Crippen LogP contribution in [-0.2, 0) is 0 Å². The molecule has 0 amide bonds. The van der Waals surface area contributed by atoms with E-state index >= 15 is 0 Å². The van der Waals surface area contributed by atoms with Gasteiger partial charge in [0.05, 0.1) is 16.7 Å². The van der Waals surface area contributed by atoms with Gasteiger partial charge >= 0.3 is 0 Å². The van der Waals surface area contributed by atoms with Gasteiger partial charge in [-0.2, -0.15) is 0 Å². The van der Waals surface area contributed by atoms with Gasteiger partial charge in [0.1, 0.15) is 11.2 Å². The van der Waals surface area contributed by atoms with E-state index < -0.39 is 0 Å². The molecular formula is C60H38N2O. The number of aromatic nitrogens is 1. The highest BCUT2D eigenvalue weighted by atomic mass is 16.3. The molecule has 2 aromatic heterocycles. The highest BCUT2D eigenvalue weighted by Gasteiger charge is 2.26. The Labute approximate surface area is 363 Å².